The summed E-state index contributed by atoms with van der Waals surface area (Å²) in [5.41, 5.74) is 3.32. The van der Waals surface area contributed by atoms with Crippen molar-refractivity contribution in [1.82, 2.24) is 4.57 Å². The highest BCUT2D eigenvalue weighted by molar-refractivity contribution is 5.95. The first-order valence-electron chi connectivity index (χ1n) is 9.22. The fraction of sp³-hybridized carbons (Fsp3) is 0.318. The van der Waals surface area contributed by atoms with Crippen LogP contribution in [0.4, 0.5) is 5.88 Å². The van der Waals surface area contributed by atoms with Crippen molar-refractivity contribution in [3.8, 4) is 6.07 Å². The molecule has 0 saturated carbocycles. The third-order valence-electron chi connectivity index (χ3n) is 5.22. The largest absolute Gasteiger partial charge is 0.444 e. The van der Waals surface area contributed by atoms with Gasteiger partial charge in [0.1, 0.15) is 23.4 Å². The summed E-state index contributed by atoms with van der Waals surface area (Å²) in [4.78, 5) is 25.9. The number of hydrogen-bond acceptors (Lipinski definition) is 4. The van der Waals surface area contributed by atoms with E-state index in [1.165, 1.54) is 0 Å². The fourth-order valence-electron chi connectivity index (χ4n) is 3.58. The summed E-state index contributed by atoms with van der Waals surface area (Å²) in [5, 5.41) is 13.0. The van der Waals surface area contributed by atoms with Crippen LogP contribution in [0.3, 0.4) is 0 Å². The number of anilines is 1. The second-order valence-corrected chi connectivity index (χ2v) is 7.02. The van der Waals surface area contributed by atoms with Crippen molar-refractivity contribution in [3.63, 3.8) is 0 Å². The van der Waals surface area contributed by atoms with E-state index in [0.29, 0.717) is 23.3 Å². The lowest BCUT2D eigenvalue weighted by molar-refractivity contribution is -0.119. The van der Waals surface area contributed by atoms with Gasteiger partial charge in [-0.25, -0.2) is 0 Å². The highest BCUT2D eigenvalue weighted by atomic mass is 16.4. The molecule has 2 aromatic heterocycles. The van der Waals surface area contributed by atoms with E-state index in [0.717, 1.165) is 22.0 Å². The lowest BCUT2D eigenvalue weighted by atomic mass is 10.0. The number of nitrogens with one attached hydrogen (secondary N) is 1. The molecule has 0 radical (unpaired) electrons. The second kappa shape index (κ2) is 7.35. The molecule has 0 spiro atoms. The standard InChI is InChI=1S/C22H23N3O3/c1-6-18(21(27)24-22-17(11-23)14(4)15(5)28-22)25-19(26)10-13(3)16-9-7-8-12(2)20(16)25/h7-10,18H,6H2,1-5H3,(H,24,27). The Morgan fingerprint density at radius 1 is 1.25 bits per heavy atom. The third-order valence-corrected chi connectivity index (χ3v) is 5.22. The van der Waals surface area contributed by atoms with Crippen LogP contribution in [0, 0.1) is 39.0 Å². The van der Waals surface area contributed by atoms with Crippen LogP contribution in [-0.2, 0) is 4.79 Å². The molecule has 6 heteroatoms. The van der Waals surface area contributed by atoms with E-state index >= 15 is 0 Å². The number of hydrogen-bond donors (Lipinski definition) is 1. The molecule has 1 atom stereocenters. The van der Waals surface area contributed by atoms with Gasteiger partial charge in [0.05, 0.1) is 5.52 Å². The molecule has 0 saturated heterocycles. The minimum absolute atomic E-state index is 0.127. The van der Waals surface area contributed by atoms with Gasteiger partial charge in [-0.2, -0.15) is 5.26 Å². The summed E-state index contributed by atoms with van der Waals surface area (Å²) in [7, 11) is 0. The van der Waals surface area contributed by atoms with Crippen LogP contribution in [0.25, 0.3) is 10.9 Å². The van der Waals surface area contributed by atoms with Gasteiger partial charge >= 0.3 is 0 Å². The summed E-state index contributed by atoms with van der Waals surface area (Å²) >= 11 is 0. The van der Waals surface area contributed by atoms with E-state index in [1.807, 2.05) is 39.0 Å². The number of nitrogens with zero attached hydrogens (tertiary/aromatic N) is 2. The van der Waals surface area contributed by atoms with Gasteiger partial charge in [0.15, 0.2) is 0 Å². The van der Waals surface area contributed by atoms with Crippen molar-refractivity contribution >= 4 is 22.7 Å². The molecule has 0 aliphatic rings. The molecule has 144 valence electrons. The number of aromatic nitrogens is 1. The summed E-state index contributed by atoms with van der Waals surface area (Å²) < 4.78 is 7.10. The van der Waals surface area contributed by atoms with E-state index in [-0.39, 0.29) is 17.4 Å². The molecule has 0 bridgehead atoms. The number of pyridine rings is 1. The van der Waals surface area contributed by atoms with E-state index in [1.54, 1.807) is 24.5 Å². The highest BCUT2D eigenvalue weighted by Crippen LogP contribution is 2.28. The number of para-hydroxylation sites is 1. The normalized spacial score (nSPS) is 12.0. The molecule has 1 amide bonds. The van der Waals surface area contributed by atoms with Gasteiger partial charge in [-0.1, -0.05) is 25.1 Å². The molecule has 1 unspecified atom stereocenters. The molecule has 6 nitrogen and oxygen atoms in total. The van der Waals surface area contributed by atoms with Crippen LogP contribution in [0.1, 0.15) is 47.4 Å². The number of furan rings is 1. The van der Waals surface area contributed by atoms with Crippen molar-refractivity contribution in [2.24, 2.45) is 0 Å². The van der Waals surface area contributed by atoms with Crippen LogP contribution >= 0.6 is 0 Å². The Balaban J connectivity index is 2.13. The van der Waals surface area contributed by atoms with Crippen LogP contribution in [0.2, 0.25) is 0 Å². The van der Waals surface area contributed by atoms with Gasteiger partial charge in [0.2, 0.25) is 11.8 Å². The van der Waals surface area contributed by atoms with Crippen LogP contribution in [0.15, 0.2) is 33.5 Å². The first-order valence-corrected chi connectivity index (χ1v) is 9.22. The van der Waals surface area contributed by atoms with E-state index < -0.39 is 6.04 Å². The van der Waals surface area contributed by atoms with Gasteiger partial charge in [0, 0.05) is 17.0 Å². The lowest BCUT2D eigenvalue weighted by Crippen LogP contribution is -2.33. The van der Waals surface area contributed by atoms with Gasteiger partial charge < -0.3 is 4.42 Å². The Hall–Kier alpha value is -3.33. The number of amides is 1. The lowest BCUT2D eigenvalue weighted by Gasteiger charge is -2.21. The van der Waals surface area contributed by atoms with Gasteiger partial charge in [-0.15, -0.1) is 0 Å². The Kier molecular flexibility index (Phi) is 5.10. The zero-order chi connectivity index (χ0) is 20.6. The number of benzene rings is 1. The first-order chi connectivity index (χ1) is 13.3. The minimum atomic E-state index is -0.728. The molecule has 1 aromatic carbocycles. The summed E-state index contributed by atoms with van der Waals surface area (Å²) in [5.74, 6) is 0.319. The second-order valence-electron chi connectivity index (χ2n) is 7.02. The number of rotatable bonds is 4. The van der Waals surface area contributed by atoms with Gasteiger partial charge in [0.25, 0.3) is 5.56 Å². The summed E-state index contributed by atoms with van der Waals surface area (Å²) in [6.07, 6.45) is 0.415. The Bertz CT molecular complexity index is 1180. The molecule has 0 aliphatic heterocycles. The van der Waals surface area contributed by atoms with E-state index in [9.17, 15) is 14.9 Å². The fourth-order valence-corrected chi connectivity index (χ4v) is 3.58. The average Bonchev–Trinajstić information content (AvgIpc) is 2.91. The van der Waals surface area contributed by atoms with Crippen molar-refractivity contribution in [2.45, 2.75) is 47.1 Å². The number of nitriles is 1. The quantitative estimate of drug-likeness (QED) is 0.735. The van der Waals surface area contributed by atoms with Crippen molar-refractivity contribution in [3.05, 3.63) is 62.6 Å². The van der Waals surface area contributed by atoms with Crippen LogP contribution in [-0.4, -0.2) is 10.5 Å². The number of aryl methyl sites for hydroxylation is 3. The molecule has 0 fully saturated rings. The zero-order valence-electron chi connectivity index (χ0n) is 16.7. The number of fused-ring (bicyclic) bond motifs is 1. The van der Waals surface area contributed by atoms with E-state index in [4.69, 9.17) is 4.42 Å². The number of carbonyl (C=O) groups is 1. The van der Waals surface area contributed by atoms with Crippen molar-refractivity contribution in [2.75, 3.05) is 5.32 Å². The number of carbonyl (C=O) groups excluding carboxylic acids is 1. The third kappa shape index (κ3) is 3.09. The predicted molar refractivity (Wildman–Crippen MR) is 109 cm³/mol. The SMILES string of the molecule is CCC(C(=O)Nc1oc(C)c(C)c1C#N)n1c(=O)cc(C)c2cccc(C)c21. The molecule has 0 aliphatic carbocycles. The maximum atomic E-state index is 13.1. The molecule has 2 heterocycles. The van der Waals surface area contributed by atoms with E-state index in [2.05, 4.69) is 11.4 Å². The molecule has 3 aromatic rings. The van der Waals surface area contributed by atoms with Crippen LogP contribution in [0.5, 0.6) is 0 Å². The predicted octanol–water partition coefficient (Wildman–Crippen LogP) is 4.29. The maximum absolute atomic E-state index is 13.1. The maximum Gasteiger partial charge on any atom is 0.252 e. The van der Waals surface area contributed by atoms with Crippen molar-refractivity contribution < 1.29 is 9.21 Å². The minimum Gasteiger partial charge on any atom is -0.444 e. The Morgan fingerprint density at radius 2 is 1.96 bits per heavy atom. The van der Waals surface area contributed by atoms with Crippen LogP contribution < -0.4 is 10.9 Å². The monoisotopic (exact) mass is 377 g/mol. The Morgan fingerprint density at radius 3 is 2.61 bits per heavy atom. The summed E-state index contributed by atoms with van der Waals surface area (Å²) in [6.45, 7) is 9.18. The molecule has 3 rings (SSSR count). The van der Waals surface area contributed by atoms with Crippen molar-refractivity contribution in [1.29, 1.82) is 5.26 Å². The smallest absolute Gasteiger partial charge is 0.252 e. The first kappa shape index (κ1) is 19.4. The topological polar surface area (TPSA) is 88.0 Å². The highest BCUT2D eigenvalue weighted by Gasteiger charge is 2.25. The molecule has 1 N–H and O–H groups in total. The van der Waals surface area contributed by atoms with Gasteiger partial charge in [-0.05, 0) is 45.2 Å². The zero-order valence-corrected chi connectivity index (χ0v) is 16.7. The van der Waals surface area contributed by atoms with Gasteiger partial charge in [-0.3, -0.25) is 19.5 Å². The average molecular weight is 377 g/mol. The summed E-state index contributed by atoms with van der Waals surface area (Å²) in [6, 6.07) is 8.71. The Labute approximate surface area is 163 Å². The molecular weight excluding hydrogens is 354 g/mol. The molecular formula is C22H23N3O3. The molecule has 28 heavy (non-hydrogen) atoms.